The highest BCUT2D eigenvalue weighted by atomic mass is 15.1. The molecule has 0 spiro atoms. The zero-order valence-electron chi connectivity index (χ0n) is 27.4. The van der Waals surface area contributed by atoms with E-state index in [1.54, 1.807) is 0 Å². The summed E-state index contributed by atoms with van der Waals surface area (Å²) in [6.07, 6.45) is 4.37. The zero-order chi connectivity index (χ0) is 33.0. The van der Waals surface area contributed by atoms with Crippen molar-refractivity contribution in [3.63, 3.8) is 0 Å². The monoisotopic (exact) mass is 628 g/mol. The molecular weight excluding hydrogens is 593 g/mol. The number of fused-ring (bicyclic) bond motifs is 3. The van der Waals surface area contributed by atoms with Gasteiger partial charge in [-0.1, -0.05) is 133 Å². The van der Waals surface area contributed by atoms with Crippen LogP contribution in [0.3, 0.4) is 0 Å². The first kappa shape index (κ1) is 30.0. The van der Waals surface area contributed by atoms with Crippen LogP contribution in [0.4, 0.5) is 34.1 Å². The SMILES string of the molecule is Cc1cccc(N(c2ccc(C=Cc3ccc(N(c4ccccc4)c4ccccc4)cc3)cc2)c2cc3ccccc3c3ccccc23)c1. The fraction of sp³-hybridized carbons (Fsp3) is 0.0213. The van der Waals surface area contributed by atoms with Gasteiger partial charge in [0.15, 0.2) is 0 Å². The number of para-hydroxylation sites is 2. The summed E-state index contributed by atoms with van der Waals surface area (Å²) in [4.78, 5) is 4.67. The van der Waals surface area contributed by atoms with Gasteiger partial charge >= 0.3 is 0 Å². The Balaban J connectivity index is 1.11. The summed E-state index contributed by atoms with van der Waals surface area (Å²) in [6, 6.07) is 67.1. The van der Waals surface area contributed by atoms with Gasteiger partial charge in [-0.15, -0.1) is 0 Å². The second-order valence-corrected chi connectivity index (χ2v) is 12.4. The van der Waals surface area contributed by atoms with Crippen molar-refractivity contribution in [2.45, 2.75) is 6.92 Å². The lowest BCUT2D eigenvalue weighted by molar-refractivity contribution is 1.28. The molecule has 0 unspecified atom stereocenters. The normalized spacial score (nSPS) is 11.3. The molecule has 0 aliphatic heterocycles. The molecule has 0 aromatic heterocycles. The summed E-state index contributed by atoms with van der Waals surface area (Å²) in [5.41, 5.74) is 10.3. The van der Waals surface area contributed by atoms with Crippen LogP contribution in [0, 0.1) is 6.92 Å². The van der Waals surface area contributed by atoms with Gasteiger partial charge in [0.2, 0.25) is 0 Å². The minimum absolute atomic E-state index is 1.12. The van der Waals surface area contributed by atoms with Crippen molar-refractivity contribution in [3.05, 3.63) is 205 Å². The third kappa shape index (κ3) is 6.20. The third-order valence-corrected chi connectivity index (χ3v) is 9.05. The van der Waals surface area contributed by atoms with Crippen molar-refractivity contribution < 1.29 is 0 Å². The van der Waals surface area contributed by atoms with Crippen molar-refractivity contribution in [1.29, 1.82) is 0 Å². The Morgan fingerprint density at radius 2 is 0.816 bits per heavy atom. The Morgan fingerprint density at radius 1 is 0.347 bits per heavy atom. The number of aryl methyl sites for hydroxylation is 1. The van der Waals surface area contributed by atoms with Crippen LogP contribution in [0.2, 0.25) is 0 Å². The molecule has 234 valence electrons. The third-order valence-electron chi connectivity index (χ3n) is 9.05. The van der Waals surface area contributed by atoms with Gasteiger partial charge in [-0.2, -0.15) is 0 Å². The summed E-state index contributed by atoms with van der Waals surface area (Å²) in [5.74, 6) is 0. The van der Waals surface area contributed by atoms with Gasteiger partial charge in [-0.05, 0) is 107 Å². The van der Waals surface area contributed by atoms with Crippen LogP contribution in [-0.2, 0) is 0 Å². The first-order valence-corrected chi connectivity index (χ1v) is 16.8. The molecule has 2 nitrogen and oxygen atoms in total. The Bertz CT molecular complexity index is 2340. The predicted molar refractivity (Wildman–Crippen MR) is 211 cm³/mol. The van der Waals surface area contributed by atoms with Crippen molar-refractivity contribution >= 4 is 67.8 Å². The van der Waals surface area contributed by atoms with Crippen LogP contribution in [-0.4, -0.2) is 0 Å². The fourth-order valence-corrected chi connectivity index (χ4v) is 6.68. The van der Waals surface area contributed by atoms with Crippen LogP contribution in [0.1, 0.15) is 16.7 Å². The Hall–Kier alpha value is -6.38. The molecule has 0 N–H and O–H groups in total. The largest absolute Gasteiger partial charge is 0.311 e. The average molecular weight is 629 g/mol. The van der Waals surface area contributed by atoms with Gasteiger partial charge in [0.1, 0.15) is 0 Å². The summed E-state index contributed by atoms with van der Waals surface area (Å²) in [7, 11) is 0. The van der Waals surface area contributed by atoms with Gasteiger partial charge < -0.3 is 9.80 Å². The van der Waals surface area contributed by atoms with Gasteiger partial charge in [0, 0.05) is 33.8 Å². The van der Waals surface area contributed by atoms with E-state index < -0.39 is 0 Å². The van der Waals surface area contributed by atoms with Crippen LogP contribution >= 0.6 is 0 Å². The number of anilines is 6. The Kier molecular flexibility index (Phi) is 8.19. The van der Waals surface area contributed by atoms with Crippen molar-refractivity contribution in [1.82, 2.24) is 0 Å². The molecule has 0 aliphatic carbocycles. The Morgan fingerprint density at radius 3 is 1.41 bits per heavy atom. The van der Waals surface area contributed by atoms with Crippen LogP contribution in [0.5, 0.6) is 0 Å². The zero-order valence-corrected chi connectivity index (χ0v) is 27.4. The lowest BCUT2D eigenvalue weighted by Crippen LogP contribution is -2.10. The smallest absolute Gasteiger partial charge is 0.0546 e. The molecular formula is C47H36N2. The number of rotatable bonds is 8. The molecule has 2 heteroatoms. The molecule has 8 rings (SSSR count). The molecule has 0 aliphatic rings. The number of hydrogen-bond donors (Lipinski definition) is 0. The summed E-state index contributed by atoms with van der Waals surface area (Å²) < 4.78 is 0. The first-order chi connectivity index (χ1) is 24.2. The number of nitrogens with zero attached hydrogens (tertiary/aromatic N) is 2. The molecule has 8 aromatic carbocycles. The number of benzene rings is 8. The van der Waals surface area contributed by atoms with E-state index >= 15 is 0 Å². The van der Waals surface area contributed by atoms with Crippen molar-refractivity contribution in [3.8, 4) is 0 Å². The van der Waals surface area contributed by atoms with Gasteiger partial charge in [-0.3, -0.25) is 0 Å². The summed E-state index contributed by atoms with van der Waals surface area (Å²) in [5, 5.41) is 4.99. The molecule has 0 fully saturated rings. The molecule has 0 amide bonds. The fourth-order valence-electron chi connectivity index (χ4n) is 6.68. The minimum Gasteiger partial charge on any atom is -0.311 e. The highest BCUT2D eigenvalue weighted by molar-refractivity contribution is 6.14. The van der Waals surface area contributed by atoms with Crippen molar-refractivity contribution in [2.75, 3.05) is 9.80 Å². The molecule has 0 saturated heterocycles. The maximum Gasteiger partial charge on any atom is 0.0546 e. The second-order valence-electron chi connectivity index (χ2n) is 12.4. The lowest BCUT2D eigenvalue weighted by atomic mass is 9.99. The van der Waals surface area contributed by atoms with E-state index in [-0.39, 0.29) is 0 Å². The summed E-state index contributed by atoms with van der Waals surface area (Å²) in [6.45, 7) is 2.15. The van der Waals surface area contributed by atoms with E-state index in [0.717, 1.165) is 39.6 Å². The standard InChI is InChI=1S/C47H36N2/c1-35-13-12-19-43(33-35)49(47-34-38-14-8-9-20-44(38)45-21-10-11-22-46(45)47)42-31-27-37(28-32-42)24-23-36-25-29-41(30-26-36)48(39-15-4-2-5-16-39)40-17-6-3-7-18-40/h2-34H,1H3. The maximum atomic E-state index is 2.39. The van der Waals surface area contributed by atoms with E-state index in [1.165, 1.54) is 32.8 Å². The topological polar surface area (TPSA) is 6.48 Å². The minimum atomic E-state index is 1.12. The Labute approximate surface area is 288 Å². The second kappa shape index (κ2) is 13.4. The molecule has 49 heavy (non-hydrogen) atoms. The van der Waals surface area contributed by atoms with Crippen LogP contribution < -0.4 is 9.80 Å². The van der Waals surface area contributed by atoms with Gasteiger partial charge in [0.25, 0.3) is 0 Å². The predicted octanol–water partition coefficient (Wildman–Crippen LogP) is 13.4. The molecule has 0 heterocycles. The van der Waals surface area contributed by atoms with E-state index in [4.69, 9.17) is 0 Å². The first-order valence-electron chi connectivity index (χ1n) is 16.8. The van der Waals surface area contributed by atoms with Crippen LogP contribution in [0.25, 0.3) is 33.7 Å². The summed E-state index contributed by atoms with van der Waals surface area (Å²) >= 11 is 0. The number of hydrogen-bond acceptors (Lipinski definition) is 2. The molecule has 0 bridgehead atoms. The van der Waals surface area contributed by atoms with E-state index in [0.29, 0.717) is 0 Å². The highest BCUT2D eigenvalue weighted by Crippen LogP contribution is 2.42. The van der Waals surface area contributed by atoms with Gasteiger partial charge in [-0.25, -0.2) is 0 Å². The molecule has 8 aromatic rings. The molecule has 0 atom stereocenters. The maximum absolute atomic E-state index is 2.39. The lowest BCUT2D eigenvalue weighted by Gasteiger charge is -2.28. The average Bonchev–Trinajstić information content (AvgIpc) is 3.16. The van der Waals surface area contributed by atoms with Crippen molar-refractivity contribution in [2.24, 2.45) is 0 Å². The van der Waals surface area contributed by atoms with E-state index in [9.17, 15) is 0 Å². The highest BCUT2D eigenvalue weighted by Gasteiger charge is 2.17. The van der Waals surface area contributed by atoms with E-state index in [1.807, 2.05) is 0 Å². The van der Waals surface area contributed by atoms with Crippen LogP contribution in [0.15, 0.2) is 188 Å². The van der Waals surface area contributed by atoms with E-state index in [2.05, 4.69) is 217 Å². The molecule has 0 saturated carbocycles. The van der Waals surface area contributed by atoms with Gasteiger partial charge in [0.05, 0.1) is 5.69 Å². The molecule has 0 radical (unpaired) electrons. The quantitative estimate of drug-likeness (QED) is 0.122.